The fourth-order valence-corrected chi connectivity index (χ4v) is 3.10. The minimum Gasteiger partial charge on any atom is -0.394 e. The molecule has 2 aromatic rings. The Morgan fingerprint density at radius 2 is 1.71 bits per heavy atom. The van der Waals surface area contributed by atoms with Gasteiger partial charge in [0.25, 0.3) is 0 Å². The van der Waals surface area contributed by atoms with Gasteiger partial charge in [-0.25, -0.2) is 0 Å². The lowest BCUT2D eigenvalue weighted by Crippen LogP contribution is -2.40. The molecule has 0 bridgehead atoms. The number of aliphatic hydroxyl groups excluding tert-OH is 1. The first-order valence-electron chi connectivity index (χ1n) is 9.00. The van der Waals surface area contributed by atoms with Crippen LogP contribution in [0, 0.1) is 6.92 Å². The van der Waals surface area contributed by atoms with Crippen molar-refractivity contribution in [2.45, 2.75) is 57.9 Å². The SMILES string of the molecule is Cc1cccc(CCCCc2ccc(CCC(C)(N)CO)n2C)c1. The zero-order valence-electron chi connectivity index (χ0n) is 15.4. The molecule has 132 valence electrons. The van der Waals surface area contributed by atoms with Gasteiger partial charge in [0.1, 0.15) is 0 Å². The zero-order chi connectivity index (χ0) is 17.6. The molecule has 0 aliphatic carbocycles. The Morgan fingerprint density at radius 3 is 2.38 bits per heavy atom. The van der Waals surface area contributed by atoms with Crippen molar-refractivity contribution in [3.05, 3.63) is 58.9 Å². The van der Waals surface area contributed by atoms with Gasteiger partial charge in [-0.05, 0) is 70.1 Å². The van der Waals surface area contributed by atoms with Crippen LogP contribution < -0.4 is 5.73 Å². The smallest absolute Gasteiger partial charge is 0.0608 e. The molecule has 1 aromatic carbocycles. The van der Waals surface area contributed by atoms with Crippen LogP contribution in [0.25, 0.3) is 0 Å². The lowest BCUT2D eigenvalue weighted by Gasteiger charge is -2.21. The molecule has 3 heteroatoms. The zero-order valence-corrected chi connectivity index (χ0v) is 15.4. The Kier molecular flexibility index (Phi) is 6.64. The van der Waals surface area contributed by atoms with Gasteiger partial charge in [-0.2, -0.15) is 0 Å². The Balaban J connectivity index is 1.79. The Bertz CT molecular complexity index is 643. The van der Waals surface area contributed by atoms with Gasteiger partial charge in [-0.3, -0.25) is 0 Å². The third kappa shape index (κ3) is 5.50. The van der Waals surface area contributed by atoms with E-state index in [1.165, 1.54) is 35.4 Å². The van der Waals surface area contributed by atoms with Crippen molar-refractivity contribution >= 4 is 0 Å². The van der Waals surface area contributed by atoms with Crippen molar-refractivity contribution in [3.8, 4) is 0 Å². The standard InChI is InChI=1S/C21H32N2O/c1-17-7-6-9-18(15-17)8-4-5-10-19-11-12-20(23(19)3)13-14-21(2,22)16-24/h6-7,9,11-12,15,24H,4-5,8,10,13-14,16,22H2,1-3H3. The summed E-state index contributed by atoms with van der Waals surface area (Å²) in [6.45, 7) is 4.09. The topological polar surface area (TPSA) is 51.2 Å². The van der Waals surface area contributed by atoms with Crippen molar-refractivity contribution < 1.29 is 5.11 Å². The molecule has 1 unspecified atom stereocenters. The molecule has 1 atom stereocenters. The molecule has 0 saturated heterocycles. The highest BCUT2D eigenvalue weighted by Crippen LogP contribution is 2.16. The summed E-state index contributed by atoms with van der Waals surface area (Å²) < 4.78 is 2.29. The molecule has 2 rings (SSSR count). The van der Waals surface area contributed by atoms with Crippen molar-refractivity contribution in [3.63, 3.8) is 0 Å². The fraction of sp³-hybridized carbons (Fsp3) is 0.524. The van der Waals surface area contributed by atoms with E-state index in [1.54, 1.807) is 0 Å². The van der Waals surface area contributed by atoms with Crippen LogP contribution in [0.2, 0.25) is 0 Å². The monoisotopic (exact) mass is 328 g/mol. The highest BCUT2D eigenvalue weighted by Gasteiger charge is 2.17. The van der Waals surface area contributed by atoms with E-state index in [2.05, 4.69) is 54.9 Å². The molecule has 0 aliphatic rings. The third-order valence-corrected chi connectivity index (χ3v) is 4.87. The van der Waals surface area contributed by atoms with Gasteiger partial charge in [0.05, 0.1) is 6.61 Å². The second kappa shape index (κ2) is 8.50. The highest BCUT2D eigenvalue weighted by atomic mass is 16.3. The molecular weight excluding hydrogens is 296 g/mol. The number of benzene rings is 1. The summed E-state index contributed by atoms with van der Waals surface area (Å²) in [5.74, 6) is 0. The summed E-state index contributed by atoms with van der Waals surface area (Å²) in [7, 11) is 2.14. The highest BCUT2D eigenvalue weighted by molar-refractivity contribution is 5.22. The molecule has 0 fully saturated rings. The minimum atomic E-state index is -0.488. The van der Waals surface area contributed by atoms with Gasteiger partial charge in [0.15, 0.2) is 0 Å². The second-order valence-corrected chi connectivity index (χ2v) is 7.38. The minimum absolute atomic E-state index is 0.0310. The number of nitrogens with two attached hydrogens (primary N) is 1. The van der Waals surface area contributed by atoms with E-state index in [4.69, 9.17) is 5.73 Å². The van der Waals surface area contributed by atoms with E-state index in [9.17, 15) is 5.11 Å². The molecule has 1 aromatic heterocycles. The van der Waals surface area contributed by atoms with Crippen LogP contribution in [0.3, 0.4) is 0 Å². The average Bonchev–Trinajstić information content (AvgIpc) is 2.90. The quantitative estimate of drug-likeness (QED) is 0.692. The molecule has 1 heterocycles. The van der Waals surface area contributed by atoms with Gasteiger partial charge in [0.2, 0.25) is 0 Å². The van der Waals surface area contributed by atoms with Gasteiger partial charge in [0, 0.05) is 24.0 Å². The fourth-order valence-electron chi connectivity index (χ4n) is 3.10. The van der Waals surface area contributed by atoms with E-state index in [1.807, 2.05) is 6.92 Å². The molecule has 0 aliphatic heterocycles. The van der Waals surface area contributed by atoms with E-state index in [0.717, 1.165) is 25.7 Å². The Labute approximate surface area is 146 Å². The third-order valence-electron chi connectivity index (χ3n) is 4.87. The lowest BCUT2D eigenvalue weighted by molar-refractivity contribution is 0.200. The van der Waals surface area contributed by atoms with Crippen LogP contribution >= 0.6 is 0 Å². The number of rotatable bonds is 9. The number of nitrogens with zero attached hydrogens (tertiary/aromatic N) is 1. The first kappa shape index (κ1) is 18.8. The summed E-state index contributed by atoms with van der Waals surface area (Å²) >= 11 is 0. The number of aryl methyl sites for hydroxylation is 4. The van der Waals surface area contributed by atoms with E-state index < -0.39 is 5.54 Å². The molecule has 0 spiro atoms. The Hall–Kier alpha value is -1.58. The molecule has 0 radical (unpaired) electrons. The summed E-state index contributed by atoms with van der Waals surface area (Å²) in [5, 5.41) is 9.27. The van der Waals surface area contributed by atoms with Crippen LogP contribution in [0.5, 0.6) is 0 Å². The maximum atomic E-state index is 9.27. The second-order valence-electron chi connectivity index (χ2n) is 7.38. The van der Waals surface area contributed by atoms with Crippen LogP contribution in [0.15, 0.2) is 36.4 Å². The largest absolute Gasteiger partial charge is 0.394 e. The van der Waals surface area contributed by atoms with Gasteiger partial charge < -0.3 is 15.4 Å². The molecule has 0 saturated carbocycles. The summed E-state index contributed by atoms with van der Waals surface area (Å²) in [4.78, 5) is 0. The first-order chi connectivity index (χ1) is 11.4. The van der Waals surface area contributed by atoms with Crippen molar-refractivity contribution in [2.24, 2.45) is 12.8 Å². The lowest BCUT2D eigenvalue weighted by atomic mass is 9.97. The number of hydrogen-bond donors (Lipinski definition) is 2. The van der Waals surface area contributed by atoms with Crippen LogP contribution in [-0.4, -0.2) is 21.8 Å². The molecule has 24 heavy (non-hydrogen) atoms. The summed E-state index contributed by atoms with van der Waals surface area (Å²) in [6.07, 6.45) is 6.40. The molecule has 3 nitrogen and oxygen atoms in total. The normalized spacial score (nSPS) is 13.9. The molecular formula is C21H32N2O. The molecule has 0 amide bonds. The van der Waals surface area contributed by atoms with Gasteiger partial charge in [-0.15, -0.1) is 0 Å². The number of unbranched alkanes of at least 4 members (excludes halogenated alkanes) is 1. The maximum absolute atomic E-state index is 9.27. The average molecular weight is 329 g/mol. The van der Waals surface area contributed by atoms with Gasteiger partial charge >= 0.3 is 0 Å². The predicted molar refractivity (Wildman–Crippen MR) is 101 cm³/mol. The number of aromatic nitrogens is 1. The van der Waals surface area contributed by atoms with Crippen LogP contribution in [0.1, 0.15) is 48.7 Å². The maximum Gasteiger partial charge on any atom is 0.0608 e. The van der Waals surface area contributed by atoms with E-state index in [-0.39, 0.29) is 6.61 Å². The van der Waals surface area contributed by atoms with Crippen LogP contribution in [0.4, 0.5) is 0 Å². The van der Waals surface area contributed by atoms with Gasteiger partial charge in [-0.1, -0.05) is 29.8 Å². The molecule has 3 N–H and O–H groups in total. The van der Waals surface area contributed by atoms with E-state index >= 15 is 0 Å². The van der Waals surface area contributed by atoms with E-state index in [0.29, 0.717) is 0 Å². The number of aliphatic hydroxyl groups is 1. The van der Waals surface area contributed by atoms with Crippen molar-refractivity contribution in [1.29, 1.82) is 0 Å². The van der Waals surface area contributed by atoms with Crippen LogP contribution in [-0.2, 0) is 26.3 Å². The van der Waals surface area contributed by atoms with Crippen molar-refractivity contribution in [2.75, 3.05) is 6.61 Å². The first-order valence-corrected chi connectivity index (χ1v) is 9.00. The summed E-state index contributed by atoms with van der Waals surface area (Å²) in [6, 6.07) is 13.2. The predicted octanol–water partition coefficient (Wildman–Crippen LogP) is 3.54. The number of hydrogen-bond acceptors (Lipinski definition) is 2. The summed E-state index contributed by atoms with van der Waals surface area (Å²) in [5.41, 5.74) is 11.0. The van der Waals surface area contributed by atoms with Crippen molar-refractivity contribution in [1.82, 2.24) is 4.57 Å². The Morgan fingerprint density at radius 1 is 1.04 bits per heavy atom.